The number of fused-ring (bicyclic) bond motifs is 1. The molecule has 0 bridgehead atoms. The van der Waals surface area contributed by atoms with E-state index < -0.39 is 21.4 Å². The molecule has 35 heavy (non-hydrogen) atoms. The van der Waals surface area contributed by atoms with Gasteiger partial charge in [-0.3, -0.25) is 0 Å². The molecular weight excluding hydrogens is 494 g/mol. The van der Waals surface area contributed by atoms with Gasteiger partial charge in [0, 0.05) is 24.7 Å². The number of imidazole rings is 1. The molecule has 184 valence electrons. The Balaban J connectivity index is 1.70. The van der Waals surface area contributed by atoms with Gasteiger partial charge in [-0.1, -0.05) is 12.1 Å². The summed E-state index contributed by atoms with van der Waals surface area (Å²) in [6.45, 7) is 0.976. The van der Waals surface area contributed by atoms with Crippen LogP contribution in [0.5, 0.6) is 0 Å². The first kappa shape index (κ1) is 23.6. The number of anilines is 1. The van der Waals surface area contributed by atoms with Gasteiger partial charge in [-0.05, 0) is 35.4 Å². The van der Waals surface area contributed by atoms with E-state index in [0.717, 1.165) is 0 Å². The lowest BCUT2D eigenvalue weighted by Crippen LogP contribution is -2.37. The first-order valence-electron chi connectivity index (χ1n) is 10.6. The summed E-state index contributed by atoms with van der Waals surface area (Å²) in [6.07, 6.45) is 0.644. The molecular formula is C19H23N11O3S2. The van der Waals surface area contributed by atoms with Crippen LogP contribution < -0.4 is 26.6 Å². The first-order chi connectivity index (χ1) is 16.8. The van der Waals surface area contributed by atoms with Crippen molar-refractivity contribution in [3.63, 3.8) is 0 Å². The van der Waals surface area contributed by atoms with Crippen molar-refractivity contribution in [2.24, 2.45) is 10.9 Å². The number of aromatic nitrogens is 6. The molecule has 10 N–H and O–H groups in total. The summed E-state index contributed by atoms with van der Waals surface area (Å²) in [7, 11) is -4.41. The van der Waals surface area contributed by atoms with Gasteiger partial charge in [0.1, 0.15) is 0 Å². The summed E-state index contributed by atoms with van der Waals surface area (Å²) >= 11 is -1.93. The lowest BCUT2D eigenvalue weighted by Gasteiger charge is -2.19. The SMILES string of the molecule is NC[C@@H]1C[C@@H](N[S+]([O-])c2ccc(-c3cccc4[nH]c(N)nc34)c(-c3nn[nH]n3)c2S(N)(=O)=O)CN1. The molecule has 14 nitrogen and oxygen atoms in total. The Morgan fingerprint density at radius 1 is 1.23 bits per heavy atom. The molecule has 5 rings (SSSR count). The number of sulfonamides is 1. The molecule has 1 aliphatic heterocycles. The van der Waals surface area contributed by atoms with E-state index in [4.69, 9.17) is 16.6 Å². The van der Waals surface area contributed by atoms with Crippen LogP contribution in [-0.2, 0) is 21.4 Å². The molecule has 3 atom stereocenters. The first-order valence-corrected chi connectivity index (χ1v) is 13.3. The number of nitrogen functional groups attached to an aromatic ring is 1. The number of tetrazole rings is 1. The Kier molecular flexibility index (Phi) is 6.18. The highest BCUT2D eigenvalue weighted by molar-refractivity contribution is 7.92. The number of primary sulfonamides is 1. The monoisotopic (exact) mass is 517 g/mol. The second kappa shape index (κ2) is 9.15. The Labute approximate surface area is 202 Å². The van der Waals surface area contributed by atoms with Crippen molar-refractivity contribution in [1.82, 2.24) is 40.6 Å². The largest absolute Gasteiger partial charge is 0.593 e. The zero-order valence-electron chi connectivity index (χ0n) is 18.2. The van der Waals surface area contributed by atoms with Crippen LogP contribution in [0.4, 0.5) is 5.95 Å². The summed E-state index contributed by atoms with van der Waals surface area (Å²) in [4.78, 5) is 6.88. The molecule has 2 aromatic heterocycles. The molecule has 1 saturated heterocycles. The van der Waals surface area contributed by atoms with Gasteiger partial charge in [0.15, 0.2) is 15.7 Å². The van der Waals surface area contributed by atoms with E-state index in [2.05, 4.69) is 40.6 Å². The molecule has 0 radical (unpaired) electrons. The highest BCUT2D eigenvalue weighted by Crippen LogP contribution is 2.40. The van der Waals surface area contributed by atoms with Crippen LogP contribution in [-0.4, -0.2) is 68.7 Å². The average molecular weight is 518 g/mol. The zero-order chi connectivity index (χ0) is 24.7. The van der Waals surface area contributed by atoms with Gasteiger partial charge >= 0.3 is 0 Å². The Hall–Kier alpha value is -3.12. The molecule has 3 heterocycles. The normalized spacial score (nSPS) is 19.4. The molecule has 16 heteroatoms. The second-order valence-corrected chi connectivity index (χ2v) is 10.8. The van der Waals surface area contributed by atoms with E-state index in [-0.39, 0.29) is 39.2 Å². The van der Waals surface area contributed by atoms with Crippen LogP contribution in [0.3, 0.4) is 0 Å². The number of nitrogens with one attached hydrogen (secondary N) is 4. The van der Waals surface area contributed by atoms with Crippen molar-refractivity contribution in [1.29, 1.82) is 0 Å². The fourth-order valence-corrected chi connectivity index (χ4v) is 6.76. The molecule has 1 aliphatic rings. The minimum Gasteiger partial charge on any atom is -0.593 e. The third-order valence-electron chi connectivity index (χ3n) is 5.78. The van der Waals surface area contributed by atoms with E-state index in [0.29, 0.717) is 41.7 Å². The minimum absolute atomic E-state index is 0.0269. The standard InChI is InChI=1S/C19H23N11O3S2/c20-7-9-6-10(8-23-9)28-34(31)14-5-4-11(12-2-1-3-13-16(12)25-19(21)24-13)15(17(14)35(22,32)33)18-26-29-30-27-18/h1-5,9-10,23,28H,6-8,20H2,(H3,21,24,25)(H2,22,32,33)(H,26,27,29,30)/t9-,10+,34?/m0/s1. The minimum atomic E-state index is -4.41. The number of nitrogens with zero attached hydrogens (tertiary/aromatic N) is 4. The smallest absolute Gasteiger partial charge is 0.243 e. The number of aromatic amines is 2. The third-order valence-corrected chi connectivity index (χ3v) is 8.19. The summed E-state index contributed by atoms with van der Waals surface area (Å²) in [6, 6.07) is 8.30. The van der Waals surface area contributed by atoms with Crippen molar-refractivity contribution in [3.05, 3.63) is 30.3 Å². The number of H-pyrrole nitrogens is 2. The zero-order valence-corrected chi connectivity index (χ0v) is 19.9. The third kappa shape index (κ3) is 4.47. The van der Waals surface area contributed by atoms with Crippen molar-refractivity contribution < 1.29 is 13.0 Å². The highest BCUT2D eigenvalue weighted by Gasteiger charge is 2.35. The van der Waals surface area contributed by atoms with Crippen molar-refractivity contribution in [2.45, 2.75) is 28.3 Å². The maximum atomic E-state index is 13.4. The quantitative estimate of drug-likeness (QED) is 0.146. The topological polar surface area (TPSA) is 242 Å². The van der Waals surface area contributed by atoms with Crippen molar-refractivity contribution in [2.75, 3.05) is 18.8 Å². The van der Waals surface area contributed by atoms with E-state index in [9.17, 15) is 13.0 Å². The molecule has 1 fully saturated rings. The van der Waals surface area contributed by atoms with Gasteiger partial charge in [-0.25, -0.2) is 18.5 Å². The lowest BCUT2D eigenvalue weighted by atomic mass is 9.98. The molecule has 0 saturated carbocycles. The van der Waals surface area contributed by atoms with Gasteiger partial charge in [-0.2, -0.15) is 5.21 Å². The number of hydrogen-bond acceptors (Lipinski definition) is 11. The van der Waals surface area contributed by atoms with Crippen LogP contribution in [0.1, 0.15) is 6.42 Å². The number of rotatable bonds is 7. The summed E-state index contributed by atoms with van der Waals surface area (Å²) in [5.41, 5.74) is 13.7. The van der Waals surface area contributed by atoms with Gasteiger partial charge < -0.3 is 26.3 Å². The summed E-state index contributed by atoms with van der Waals surface area (Å²) < 4.78 is 42.2. The van der Waals surface area contributed by atoms with E-state index >= 15 is 0 Å². The molecule has 4 aromatic rings. The van der Waals surface area contributed by atoms with Crippen LogP contribution in [0.2, 0.25) is 0 Å². The maximum absolute atomic E-state index is 13.4. The number of benzene rings is 2. The molecule has 0 amide bonds. The van der Waals surface area contributed by atoms with Crippen molar-refractivity contribution in [3.8, 4) is 22.5 Å². The second-order valence-electron chi connectivity index (χ2n) is 8.08. The van der Waals surface area contributed by atoms with Gasteiger partial charge in [0.25, 0.3) is 0 Å². The molecule has 0 spiro atoms. The maximum Gasteiger partial charge on any atom is 0.243 e. The number of hydrogen-bond donors (Lipinski definition) is 7. The Bertz CT molecular complexity index is 1470. The molecule has 2 aromatic carbocycles. The molecule has 0 aliphatic carbocycles. The average Bonchev–Trinajstić information content (AvgIpc) is 3.57. The summed E-state index contributed by atoms with van der Waals surface area (Å²) in [5, 5.41) is 22.8. The molecule has 1 unspecified atom stereocenters. The Morgan fingerprint density at radius 3 is 2.74 bits per heavy atom. The van der Waals surface area contributed by atoms with E-state index in [1.54, 1.807) is 24.3 Å². The van der Waals surface area contributed by atoms with Gasteiger partial charge in [0.2, 0.25) is 15.8 Å². The highest BCUT2D eigenvalue weighted by atomic mass is 32.2. The number of nitrogens with two attached hydrogens (primary N) is 3. The van der Waals surface area contributed by atoms with Crippen LogP contribution in [0.15, 0.2) is 40.1 Å². The van der Waals surface area contributed by atoms with Gasteiger partial charge in [0.05, 0.1) is 34.0 Å². The van der Waals surface area contributed by atoms with Crippen LogP contribution in [0.25, 0.3) is 33.5 Å². The summed E-state index contributed by atoms with van der Waals surface area (Å²) in [5.74, 6) is 0.164. The predicted octanol–water partition coefficient (Wildman–Crippen LogP) is -1.06. The lowest BCUT2D eigenvalue weighted by molar-refractivity contribution is 0.549. The van der Waals surface area contributed by atoms with Gasteiger partial charge in [-0.15, -0.1) is 14.9 Å². The van der Waals surface area contributed by atoms with E-state index in [1.807, 2.05) is 0 Å². The van der Waals surface area contributed by atoms with Crippen molar-refractivity contribution >= 4 is 38.4 Å². The number of para-hydroxylation sites is 1. The predicted molar refractivity (Wildman–Crippen MR) is 129 cm³/mol. The fourth-order valence-electron chi connectivity index (χ4n) is 4.28. The Morgan fingerprint density at radius 2 is 2.06 bits per heavy atom. The fraction of sp³-hybridized carbons (Fsp3) is 0.263. The van der Waals surface area contributed by atoms with E-state index in [1.165, 1.54) is 6.07 Å². The van der Waals surface area contributed by atoms with Crippen LogP contribution >= 0.6 is 0 Å². The van der Waals surface area contributed by atoms with Crippen LogP contribution in [0, 0.1) is 0 Å².